The van der Waals surface area contributed by atoms with Crippen LogP contribution in [-0.4, -0.2) is 0 Å². The van der Waals surface area contributed by atoms with Crippen LogP contribution in [-0.2, 0) is 0 Å². The normalized spacial score (nSPS) is 31.2. The van der Waals surface area contributed by atoms with Crippen LogP contribution in [0.15, 0.2) is 36.0 Å². The summed E-state index contributed by atoms with van der Waals surface area (Å²) in [6.45, 7) is 8.55. The van der Waals surface area contributed by atoms with E-state index < -0.39 is 0 Å². The van der Waals surface area contributed by atoms with Gasteiger partial charge in [-0.15, -0.1) is 0 Å². The zero-order chi connectivity index (χ0) is 11.6. The molecule has 88 valence electrons. The van der Waals surface area contributed by atoms with Gasteiger partial charge in [0.2, 0.25) is 0 Å². The largest absolute Gasteiger partial charge is 0.0955 e. The predicted octanol–water partition coefficient (Wildman–Crippen LogP) is 5.04. The lowest BCUT2D eigenvalue weighted by molar-refractivity contribution is 0.190. The van der Waals surface area contributed by atoms with Gasteiger partial charge in [0.1, 0.15) is 0 Å². The molecule has 1 saturated carbocycles. The summed E-state index contributed by atoms with van der Waals surface area (Å²) >= 11 is 0. The molecule has 0 heteroatoms. The zero-order valence-electron chi connectivity index (χ0n) is 10.8. The van der Waals surface area contributed by atoms with Gasteiger partial charge in [-0.2, -0.15) is 0 Å². The monoisotopic (exact) mass is 216 g/mol. The summed E-state index contributed by atoms with van der Waals surface area (Å²) in [5.74, 6) is 0.903. The fourth-order valence-corrected chi connectivity index (χ4v) is 3.13. The smallest absolute Gasteiger partial charge is 0.00802 e. The van der Waals surface area contributed by atoms with Crippen LogP contribution in [0.5, 0.6) is 0 Å². The third-order valence-corrected chi connectivity index (χ3v) is 4.44. The Morgan fingerprint density at radius 3 is 2.50 bits per heavy atom. The summed E-state index contributed by atoms with van der Waals surface area (Å²) in [5, 5.41) is 0. The first kappa shape index (κ1) is 11.7. The van der Waals surface area contributed by atoms with E-state index in [1.807, 2.05) is 0 Å². The van der Waals surface area contributed by atoms with Gasteiger partial charge in [0, 0.05) is 0 Å². The number of hydrogen-bond acceptors (Lipinski definition) is 0. The fourth-order valence-electron chi connectivity index (χ4n) is 3.13. The highest BCUT2D eigenvalue weighted by Gasteiger charge is 2.33. The van der Waals surface area contributed by atoms with Gasteiger partial charge < -0.3 is 0 Å². The van der Waals surface area contributed by atoms with Crippen LogP contribution < -0.4 is 0 Å². The minimum Gasteiger partial charge on any atom is -0.0955 e. The van der Waals surface area contributed by atoms with Gasteiger partial charge in [0.05, 0.1) is 0 Å². The van der Waals surface area contributed by atoms with Crippen molar-refractivity contribution < 1.29 is 0 Å². The molecular weight excluding hydrogens is 192 g/mol. The van der Waals surface area contributed by atoms with Gasteiger partial charge >= 0.3 is 0 Å². The molecule has 1 atom stereocenters. The molecule has 0 spiro atoms. The summed E-state index contributed by atoms with van der Waals surface area (Å²) in [6, 6.07) is 0. The molecule has 0 saturated heterocycles. The maximum Gasteiger partial charge on any atom is -0.00802 e. The molecule has 0 heterocycles. The lowest BCUT2D eigenvalue weighted by Crippen LogP contribution is -2.28. The van der Waals surface area contributed by atoms with E-state index in [4.69, 9.17) is 0 Å². The minimum atomic E-state index is 0.416. The third-order valence-electron chi connectivity index (χ3n) is 4.44. The molecule has 0 N–H and O–H groups in total. The highest BCUT2D eigenvalue weighted by molar-refractivity contribution is 5.40. The molecule has 0 aromatic heterocycles. The van der Waals surface area contributed by atoms with E-state index in [-0.39, 0.29) is 0 Å². The summed E-state index contributed by atoms with van der Waals surface area (Å²) < 4.78 is 0. The van der Waals surface area contributed by atoms with Gasteiger partial charge in [-0.1, -0.05) is 56.6 Å². The Morgan fingerprint density at radius 2 is 2.00 bits per heavy atom. The average Bonchev–Trinajstić information content (AvgIpc) is 2.31. The Kier molecular flexibility index (Phi) is 3.37. The van der Waals surface area contributed by atoms with Gasteiger partial charge in [-0.25, -0.2) is 0 Å². The van der Waals surface area contributed by atoms with Crippen molar-refractivity contribution in [1.29, 1.82) is 0 Å². The van der Waals surface area contributed by atoms with Crippen molar-refractivity contribution in [3.63, 3.8) is 0 Å². The molecule has 16 heavy (non-hydrogen) atoms. The molecule has 1 fully saturated rings. The molecule has 1 unspecified atom stereocenters. The Morgan fingerprint density at radius 1 is 1.31 bits per heavy atom. The van der Waals surface area contributed by atoms with Crippen LogP contribution in [0.3, 0.4) is 0 Å². The van der Waals surface area contributed by atoms with Gasteiger partial charge in [-0.3, -0.25) is 0 Å². The van der Waals surface area contributed by atoms with Crippen molar-refractivity contribution >= 4 is 0 Å². The molecule has 0 radical (unpaired) electrons. The van der Waals surface area contributed by atoms with Crippen molar-refractivity contribution in [2.75, 3.05) is 0 Å². The zero-order valence-corrected chi connectivity index (χ0v) is 10.8. The number of rotatable bonds is 2. The Bertz CT molecular complexity index is 326. The summed E-state index contributed by atoms with van der Waals surface area (Å²) in [7, 11) is 0. The maximum absolute atomic E-state index is 4.02. The average molecular weight is 216 g/mol. The summed E-state index contributed by atoms with van der Waals surface area (Å²) in [6.07, 6.45) is 15.5. The van der Waals surface area contributed by atoms with Crippen molar-refractivity contribution in [3.8, 4) is 0 Å². The van der Waals surface area contributed by atoms with E-state index in [0.29, 0.717) is 5.41 Å². The lowest BCUT2D eigenvalue weighted by atomic mass is 9.66. The second kappa shape index (κ2) is 4.61. The number of allylic oxidation sites excluding steroid dienone is 5. The van der Waals surface area contributed by atoms with Crippen molar-refractivity contribution in [2.24, 2.45) is 11.3 Å². The Labute approximate surface area is 100 Å². The van der Waals surface area contributed by atoms with Crippen molar-refractivity contribution in [2.45, 2.75) is 52.4 Å². The van der Waals surface area contributed by atoms with Crippen LogP contribution >= 0.6 is 0 Å². The van der Waals surface area contributed by atoms with E-state index in [2.05, 4.69) is 38.7 Å². The van der Waals surface area contributed by atoms with E-state index in [0.717, 1.165) is 5.92 Å². The first-order chi connectivity index (χ1) is 7.62. The highest BCUT2D eigenvalue weighted by atomic mass is 14.4. The quantitative estimate of drug-likeness (QED) is 0.607. The van der Waals surface area contributed by atoms with Crippen LogP contribution in [0.4, 0.5) is 0 Å². The molecule has 0 aromatic carbocycles. The summed E-state index contributed by atoms with van der Waals surface area (Å²) in [5.41, 5.74) is 2.95. The SMILES string of the molecule is C=C(C)C1=CCC(C)(C2CCCCC2)C=C1. The molecule has 0 nitrogen and oxygen atoms in total. The van der Waals surface area contributed by atoms with E-state index in [9.17, 15) is 0 Å². The van der Waals surface area contributed by atoms with E-state index in [1.54, 1.807) is 0 Å². The Hall–Kier alpha value is -0.780. The molecule has 2 rings (SSSR count). The van der Waals surface area contributed by atoms with Crippen LogP contribution in [0.25, 0.3) is 0 Å². The fraction of sp³-hybridized carbons (Fsp3) is 0.625. The van der Waals surface area contributed by atoms with Crippen LogP contribution in [0.2, 0.25) is 0 Å². The van der Waals surface area contributed by atoms with Gasteiger partial charge in [0.25, 0.3) is 0 Å². The van der Waals surface area contributed by atoms with E-state index >= 15 is 0 Å². The summed E-state index contributed by atoms with van der Waals surface area (Å²) in [4.78, 5) is 0. The van der Waals surface area contributed by atoms with Gasteiger partial charge in [-0.05, 0) is 43.1 Å². The Balaban J connectivity index is 2.06. The van der Waals surface area contributed by atoms with Crippen molar-refractivity contribution in [1.82, 2.24) is 0 Å². The van der Waals surface area contributed by atoms with Crippen molar-refractivity contribution in [3.05, 3.63) is 36.0 Å². The maximum atomic E-state index is 4.02. The molecule has 0 aliphatic heterocycles. The standard InChI is InChI=1S/C16H24/c1-13(2)14-9-11-16(3,12-10-14)15-7-5-4-6-8-15/h9-11,15H,1,4-8,12H2,2-3H3. The topological polar surface area (TPSA) is 0 Å². The van der Waals surface area contributed by atoms with Crippen LogP contribution in [0.1, 0.15) is 52.4 Å². The highest BCUT2D eigenvalue weighted by Crippen LogP contribution is 2.44. The predicted molar refractivity (Wildman–Crippen MR) is 71.3 cm³/mol. The number of hydrogen-bond donors (Lipinski definition) is 0. The molecule has 2 aliphatic rings. The van der Waals surface area contributed by atoms with Crippen LogP contribution in [0, 0.1) is 11.3 Å². The van der Waals surface area contributed by atoms with E-state index in [1.165, 1.54) is 49.7 Å². The minimum absolute atomic E-state index is 0.416. The second-order valence-electron chi connectivity index (χ2n) is 5.82. The first-order valence-electron chi connectivity index (χ1n) is 6.67. The molecule has 0 aromatic rings. The molecule has 0 bridgehead atoms. The second-order valence-corrected chi connectivity index (χ2v) is 5.82. The molecular formula is C16H24. The molecule has 0 amide bonds. The lowest BCUT2D eigenvalue weighted by Gasteiger charge is -2.39. The first-order valence-corrected chi connectivity index (χ1v) is 6.67. The van der Waals surface area contributed by atoms with Gasteiger partial charge in [0.15, 0.2) is 0 Å². The third kappa shape index (κ3) is 2.31. The molecule has 2 aliphatic carbocycles.